The zero-order valence-corrected chi connectivity index (χ0v) is 9.83. The molecule has 4 heteroatoms. The van der Waals surface area contributed by atoms with E-state index in [1.165, 1.54) is 0 Å². The standard InChI is InChI=1S/C10H9IN2O/c1-7-2-3-8(11)6-9(7)10(14)13-5-4-12/h2-3,6H,5H2,1H3,(H,13,14). The third-order valence-electron chi connectivity index (χ3n) is 1.77. The van der Waals surface area contributed by atoms with E-state index in [1.54, 1.807) is 0 Å². The molecule has 0 spiro atoms. The summed E-state index contributed by atoms with van der Waals surface area (Å²) in [6, 6.07) is 7.51. The largest absolute Gasteiger partial charge is 0.339 e. The SMILES string of the molecule is Cc1ccc(I)cc1C(=O)NCC#N. The molecule has 0 aliphatic rings. The molecule has 72 valence electrons. The highest BCUT2D eigenvalue weighted by Gasteiger charge is 2.07. The number of aryl methyl sites for hydroxylation is 1. The highest BCUT2D eigenvalue weighted by Crippen LogP contribution is 2.12. The first kappa shape index (κ1) is 11.0. The van der Waals surface area contributed by atoms with Crippen LogP contribution in [-0.4, -0.2) is 12.5 Å². The molecule has 1 rings (SSSR count). The molecule has 0 atom stereocenters. The molecular weight excluding hydrogens is 291 g/mol. The molecule has 1 amide bonds. The lowest BCUT2D eigenvalue weighted by Crippen LogP contribution is -2.24. The van der Waals surface area contributed by atoms with Crippen molar-refractivity contribution in [2.75, 3.05) is 6.54 Å². The summed E-state index contributed by atoms with van der Waals surface area (Å²) in [7, 11) is 0. The lowest BCUT2D eigenvalue weighted by molar-refractivity contribution is 0.0958. The van der Waals surface area contributed by atoms with Gasteiger partial charge in [-0.05, 0) is 47.2 Å². The Hall–Kier alpha value is -1.09. The molecular formula is C10H9IN2O. The van der Waals surface area contributed by atoms with Crippen molar-refractivity contribution in [1.82, 2.24) is 5.32 Å². The second kappa shape index (κ2) is 4.96. The van der Waals surface area contributed by atoms with Gasteiger partial charge in [0.05, 0.1) is 6.07 Å². The van der Waals surface area contributed by atoms with Gasteiger partial charge >= 0.3 is 0 Å². The summed E-state index contributed by atoms with van der Waals surface area (Å²) in [6.45, 7) is 1.92. The average Bonchev–Trinajstić information content (AvgIpc) is 2.18. The van der Waals surface area contributed by atoms with Gasteiger partial charge in [-0.15, -0.1) is 0 Å². The van der Waals surface area contributed by atoms with Crippen LogP contribution in [0.25, 0.3) is 0 Å². The number of rotatable bonds is 2. The van der Waals surface area contributed by atoms with Crippen LogP contribution >= 0.6 is 22.6 Å². The normalized spacial score (nSPS) is 9.21. The summed E-state index contributed by atoms with van der Waals surface area (Å²) in [5.74, 6) is -0.192. The van der Waals surface area contributed by atoms with Crippen LogP contribution in [0.5, 0.6) is 0 Å². The van der Waals surface area contributed by atoms with Crippen LogP contribution in [0.15, 0.2) is 18.2 Å². The number of nitrogens with one attached hydrogen (secondary N) is 1. The Labute approximate surface area is 96.3 Å². The number of carbonyl (C=O) groups excluding carboxylic acids is 1. The number of nitriles is 1. The lowest BCUT2D eigenvalue weighted by atomic mass is 10.1. The Morgan fingerprint density at radius 3 is 3.00 bits per heavy atom. The molecule has 3 nitrogen and oxygen atoms in total. The maximum atomic E-state index is 11.5. The van der Waals surface area contributed by atoms with Crippen molar-refractivity contribution in [3.05, 3.63) is 32.9 Å². The van der Waals surface area contributed by atoms with E-state index in [1.807, 2.05) is 31.2 Å². The molecule has 14 heavy (non-hydrogen) atoms. The number of nitrogens with zero attached hydrogens (tertiary/aromatic N) is 1. The smallest absolute Gasteiger partial charge is 0.252 e. The van der Waals surface area contributed by atoms with Crippen molar-refractivity contribution < 1.29 is 4.79 Å². The van der Waals surface area contributed by atoms with Crippen LogP contribution in [0, 0.1) is 21.8 Å². The van der Waals surface area contributed by atoms with Crippen molar-refractivity contribution in [3.63, 3.8) is 0 Å². The summed E-state index contributed by atoms with van der Waals surface area (Å²) in [4.78, 5) is 11.5. The first-order valence-corrected chi connectivity index (χ1v) is 5.14. The van der Waals surface area contributed by atoms with Gasteiger partial charge < -0.3 is 5.32 Å². The summed E-state index contributed by atoms with van der Waals surface area (Å²) in [5, 5.41) is 10.8. The van der Waals surface area contributed by atoms with Gasteiger partial charge in [-0.2, -0.15) is 5.26 Å². The van der Waals surface area contributed by atoms with Crippen LogP contribution < -0.4 is 5.32 Å². The van der Waals surface area contributed by atoms with E-state index in [0.29, 0.717) is 5.56 Å². The number of carbonyl (C=O) groups is 1. The number of halogens is 1. The van der Waals surface area contributed by atoms with E-state index in [0.717, 1.165) is 9.13 Å². The minimum absolute atomic E-state index is 0.0454. The molecule has 0 bridgehead atoms. The highest BCUT2D eigenvalue weighted by atomic mass is 127. The molecule has 1 N–H and O–H groups in total. The first-order valence-electron chi connectivity index (χ1n) is 4.06. The Morgan fingerprint density at radius 1 is 1.64 bits per heavy atom. The van der Waals surface area contributed by atoms with Crippen molar-refractivity contribution in [3.8, 4) is 6.07 Å². The molecule has 0 saturated heterocycles. The molecule has 1 aromatic carbocycles. The van der Waals surface area contributed by atoms with Gasteiger partial charge in [-0.25, -0.2) is 0 Å². The van der Waals surface area contributed by atoms with Crippen LogP contribution in [0.2, 0.25) is 0 Å². The van der Waals surface area contributed by atoms with Gasteiger partial charge in [0.15, 0.2) is 0 Å². The molecule has 0 radical (unpaired) electrons. The van der Waals surface area contributed by atoms with Crippen LogP contribution in [0.3, 0.4) is 0 Å². The fourth-order valence-corrected chi connectivity index (χ4v) is 1.55. The van der Waals surface area contributed by atoms with E-state index in [-0.39, 0.29) is 12.5 Å². The molecule has 0 unspecified atom stereocenters. The lowest BCUT2D eigenvalue weighted by Gasteiger charge is -2.05. The number of benzene rings is 1. The van der Waals surface area contributed by atoms with Gasteiger partial charge in [0, 0.05) is 9.13 Å². The number of hydrogen-bond acceptors (Lipinski definition) is 2. The van der Waals surface area contributed by atoms with E-state index in [2.05, 4.69) is 27.9 Å². The van der Waals surface area contributed by atoms with Gasteiger partial charge in [0.1, 0.15) is 6.54 Å². The Balaban J connectivity index is 2.90. The topological polar surface area (TPSA) is 52.9 Å². The predicted octanol–water partition coefficient (Wildman–Crippen LogP) is 1.85. The summed E-state index contributed by atoms with van der Waals surface area (Å²) >= 11 is 2.15. The van der Waals surface area contributed by atoms with Crippen LogP contribution in [-0.2, 0) is 0 Å². The summed E-state index contributed by atoms with van der Waals surface area (Å²) in [6.07, 6.45) is 0. The molecule has 1 aromatic rings. The fraction of sp³-hybridized carbons (Fsp3) is 0.200. The van der Waals surface area contributed by atoms with E-state index in [4.69, 9.17) is 5.26 Å². The molecule has 0 fully saturated rings. The summed E-state index contributed by atoms with van der Waals surface area (Å²) < 4.78 is 1.01. The number of amides is 1. The van der Waals surface area contributed by atoms with E-state index >= 15 is 0 Å². The zero-order chi connectivity index (χ0) is 10.6. The maximum Gasteiger partial charge on any atom is 0.252 e. The van der Waals surface area contributed by atoms with Crippen LogP contribution in [0.1, 0.15) is 15.9 Å². The van der Waals surface area contributed by atoms with E-state index in [9.17, 15) is 4.79 Å². The van der Waals surface area contributed by atoms with Gasteiger partial charge in [-0.1, -0.05) is 6.07 Å². The van der Waals surface area contributed by atoms with Crippen LogP contribution in [0.4, 0.5) is 0 Å². The Kier molecular flexibility index (Phi) is 3.89. The monoisotopic (exact) mass is 300 g/mol. The minimum Gasteiger partial charge on any atom is -0.339 e. The quantitative estimate of drug-likeness (QED) is 0.669. The molecule has 0 saturated carbocycles. The second-order valence-electron chi connectivity index (χ2n) is 2.80. The average molecular weight is 300 g/mol. The molecule has 0 aromatic heterocycles. The summed E-state index contributed by atoms with van der Waals surface area (Å²) in [5.41, 5.74) is 1.55. The highest BCUT2D eigenvalue weighted by molar-refractivity contribution is 14.1. The van der Waals surface area contributed by atoms with E-state index < -0.39 is 0 Å². The third kappa shape index (κ3) is 2.70. The van der Waals surface area contributed by atoms with Crippen molar-refractivity contribution >= 4 is 28.5 Å². The zero-order valence-electron chi connectivity index (χ0n) is 7.67. The maximum absolute atomic E-state index is 11.5. The number of hydrogen-bond donors (Lipinski definition) is 1. The second-order valence-corrected chi connectivity index (χ2v) is 4.05. The Morgan fingerprint density at radius 2 is 2.36 bits per heavy atom. The molecule has 0 aliphatic heterocycles. The predicted molar refractivity (Wildman–Crippen MR) is 61.8 cm³/mol. The van der Waals surface area contributed by atoms with Gasteiger partial charge in [-0.3, -0.25) is 4.79 Å². The minimum atomic E-state index is -0.192. The van der Waals surface area contributed by atoms with Crippen molar-refractivity contribution in [2.24, 2.45) is 0 Å². The Bertz CT molecular complexity index is 396. The third-order valence-corrected chi connectivity index (χ3v) is 2.44. The van der Waals surface area contributed by atoms with Crippen molar-refractivity contribution in [1.29, 1.82) is 5.26 Å². The first-order chi connectivity index (χ1) is 6.65. The van der Waals surface area contributed by atoms with Gasteiger partial charge in [0.25, 0.3) is 5.91 Å². The molecule has 0 aliphatic carbocycles. The van der Waals surface area contributed by atoms with Gasteiger partial charge in [0.2, 0.25) is 0 Å². The van der Waals surface area contributed by atoms with Crippen molar-refractivity contribution in [2.45, 2.75) is 6.92 Å². The molecule has 0 heterocycles. The fourth-order valence-electron chi connectivity index (χ4n) is 1.05.